The molecule has 1 aromatic heterocycles. The normalized spacial score (nSPS) is 17.0. The summed E-state index contributed by atoms with van der Waals surface area (Å²) in [5.41, 5.74) is 0.615. The van der Waals surface area contributed by atoms with E-state index in [1.807, 2.05) is 0 Å². The molecule has 0 atom stereocenters. The van der Waals surface area contributed by atoms with Gasteiger partial charge in [-0.2, -0.15) is 5.10 Å². The van der Waals surface area contributed by atoms with Gasteiger partial charge < -0.3 is 0 Å². The maximum Gasteiger partial charge on any atom is 0.182 e. The third-order valence-electron chi connectivity index (χ3n) is 3.69. The Labute approximate surface area is 114 Å². The predicted molar refractivity (Wildman–Crippen MR) is 73.1 cm³/mol. The maximum atomic E-state index is 12.3. The average Bonchev–Trinajstić information content (AvgIpc) is 2.72. The van der Waals surface area contributed by atoms with Gasteiger partial charge in [0.05, 0.1) is 11.2 Å². The van der Waals surface area contributed by atoms with Gasteiger partial charge in [0.1, 0.15) is 5.69 Å². The van der Waals surface area contributed by atoms with Crippen LogP contribution >= 0.6 is 11.6 Å². The largest absolute Gasteiger partial charge is 0.292 e. The molecule has 1 aliphatic rings. The van der Waals surface area contributed by atoms with Crippen LogP contribution in [0.4, 0.5) is 0 Å². The number of carbonyl (C=O) groups excluding carboxylic acids is 1. The highest BCUT2D eigenvalue weighted by Gasteiger charge is 2.22. The number of aromatic nitrogens is 2. The third-order valence-corrected chi connectivity index (χ3v) is 3.97. The Morgan fingerprint density at radius 2 is 2.17 bits per heavy atom. The van der Waals surface area contributed by atoms with Crippen LogP contribution in [0.25, 0.3) is 0 Å². The SMILES string of the molecule is CCCn1ncc(Cl)c1C(=O)CC1CCCCC1. The molecule has 0 radical (unpaired) electrons. The van der Waals surface area contributed by atoms with Gasteiger partial charge in [0.25, 0.3) is 0 Å². The monoisotopic (exact) mass is 268 g/mol. The first-order chi connectivity index (χ1) is 8.72. The number of rotatable bonds is 5. The maximum absolute atomic E-state index is 12.3. The molecule has 0 unspecified atom stereocenters. The van der Waals surface area contributed by atoms with E-state index in [4.69, 9.17) is 11.6 Å². The van der Waals surface area contributed by atoms with Crippen LogP contribution in [0.3, 0.4) is 0 Å². The second-order valence-corrected chi connectivity index (χ2v) is 5.60. The molecule has 18 heavy (non-hydrogen) atoms. The highest BCUT2D eigenvalue weighted by Crippen LogP contribution is 2.28. The van der Waals surface area contributed by atoms with E-state index in [0.717, 1.165) is 13.0 Å². The Bertz CT molecular complexity index is 408. The predicted octanol–water partition coefficient (Wildman–Crippen LogP) is 4.10. The fourth-order valence-corrected chi connectivity index (χ4v) is 3.02. The van der Waals surface area contributed by atoms with E-state index in [9.17, 15) is 4.79 Å². The summed E-state index contributed by atoms with van der Waals surface area (Å²) in [6, 6.07) is 0. The van der Waals surface area contributed by atoms with Crippen LogP contribution in [-0.4, -0.2) is 15.6 Å². The Morgan fingerprint density at radius 1 is 1.44 bits per heavy atom. The van der Waals surface area contributed by atoms with Crippen molar-refractivity contribution in [3.63, 3.8) is 0 Å². The third kappa shape index (κ3) is 3.14. The fourth-order valence-electron chi connectivity index (χ4n) is 2.77. The molecule has 2 rings (SSSR count). The number of halogens is 1. The first-order valence-electron chi connectivity index (χ1n) is 6.97. The van der Waals surface area contributed by atoms with Gasteiger partial charge in [-0.05, 0) is 12.3 Å². The molecule has 100 valence electrons. The van der Waals surface area contributed by atoms with Gasteiger partial charge in [0.2, 0.25) is 0 Å². The Hall–Kier alpha value is -0.830. The average molecular weight is 269 g/mol. The van der Waals surface area contributed by atoms with E-state index in [1.165, 1.54) is 32.1 Å². The number of ketones is 1. The number of hydrogen-bond acceptors (Lipinski definition) is 2. The van der Waals surface area contributed by atoms with Crippen molar-refractivity contribution in [3.05, 3.63) is 16.9 Å². The zero-order valence-electron chi connectivity index (χ0n) is 11.0. The Balaban J connectivity index is 2.05. The Kier molecular flexibility index (Phi) is 4.81. The van der Waals surface area contributed by atoms with Gasteiger partial charge >= 0.3 is 0 Å². The van der Waals surface area contributed by atoms with Crippen molar-refractivity contribution in [2.75, 3.05) is 0 Å². The molecule has 0 bridgehead atoms. The molecule has 3 nitrogen and oxygen atoms in total. The molecule has 0 amide bonds. The zero-order chi connectivity index (χ0) is 13.0. The van der Waals surface area contributed by atoms with E-state index in [2.05, 4.69) is 12.0 Å². The molecule has 1 aromatic rings. The summed E-state index contributed by atoms with van der Waals surface area (Å²) >= 11 is 6.09. The highest BCUT2D eigenvalue weighted by atomic mass is 35.5. The lowest BCUT2D eigenvalue weighted by Gasteiger charge is -2.20. The second-order valence-electron chi connectivity index (χ2n) is 5.20. The van der Waals surface area contributed by atoms with Crippen molar-refractivity contribution in [3.8, 4) is 0 Å². The van der Waals surface area contributed by atoms with Gasteiger partial charge in [-0.15, -0.1) is 0 Å². The minimum absolute atomic E-state index is 0.165. The fraction of sp³-hybridized carbons (Fsp3) is 0.714. The van der Waals surface area contributed by atoms with Crippen molar-refractivity contribution in [1.29, 1.82) is 0 Å². The second kappa shape index (κ2) is 6.37. The van der Waals surface area contributed by atoms with E-state index in [1.54, 1.807) is 10.9 Å². The number of aryl methyl sites for hydroxylation is 1. The van der Waals surface area contributed by atoms with Crippen molar-refractivity contribution in [2.45, 2.75) is 58.4 Å². The molecule has 0 spiro atoms. The first kappa shape index (κ1) is 13.6. The minimum atomic E-state index is 0.165. The van der Waals surface area contributed by atoms with Gasteiger partial charge in [-0.25, -0.2) is 0 Å². The smallest absolute Gasteiger partial charge is 0.182 e. The molecule has 4 heteroatoms. The summed E-state index contributed by atoms with van der Waals surface area (Å²) in [6.07, 6.45) is 9.40. The van der Waals surface area contributed by atoms with Crippen molar-refractivity contribution < 1.29 is 4.79 Å². The van der Waals surface area contributed by atoms with E-state index in [-0.39, 0.29) is 5.78 Å². The standard InChI is InChI=1S/C14H21ClN2O/c1-2-8-17-14(12(15)10-16-17)13(18)9-11-6-4-3-5-7-11/h10-11H,2-9H2,1H3. The lowest BCUT2D eigenvalue weighted by atomic mass is 9.85. The zero-order valence-corrected chi connectivity index (χ0v) is 11.7. The number of hydrogen-bond donors (Lipinski definition) is 0. The van der Waals surface area contributed by atoms with Gasteiger partial charge in [0, 0.05) is 13.0 Å². The summed E-state index contributed by atoms with van der Waals surface area (Å²) in [5.74, 6) is 0.713. The molecular formula is C14H21ClN2O. The molecule has 1 heterocycles. The molecule has 1 aliphatic carbocycles. The number of nitrogens with zero attached hydrogens (tertiary/aromatic N) is 2. The van der Waals surface area contributed by atoms with Crippen LogP contribution < -0.4 is 0 Å². The molecule has 0 aromatic carbocycles. The first-order valence-corrected chi connectivity index (χ1v) is 7.34. The molecule has 1 fully saturated rings. The van der Waals surface area contributed by atoms with Crippen LogP contribution in [0.15, 0.2) is 6.20 Å². The summed E-state index contributed by atoms with van der Waals surface area (Å²) in [5, 5.41) is 4.69. The number of carbonyl (C=O) groups is 1. The summed E-state index contributed by atoms with van der Waals surface area (Å²) < 4.78 is 1.76. The van der Waals surface area contributed by atoms with Crippen LogP contribution in [0.5, 0.6) is 0 Å². The topological polar surface area (TPSA) is 34.9 Å². The molecular weight excluding hydrogens is 248 g/mol. The van der Waals surface area contributed by atoms with Crippen LogP contribution in [0.1, 0.15) is 62.4 Å². The van der Waals surface area contributed by atoms with E-state index >= 15 is 0 Å². The Morgan fingerprint density at radius 3 is 2.83 bits per heavy atom. The van der Waals surface area contributed by atoms with Crippen LogP contribution in [0, 0.1) is 5.92 Å². The van der Waals surface area contributed by atoms with Crippen LogP contribution in [0.2, 0.25) is 5.02 Å². The van der Waals surface area contributed by atoms with Gasteiger partial charge in [-0.1, -0.05) is 50.6 Å². The summed E-state index contributed by atoms with van der Waals surface area (Å²) in [6.45, 7) is 2.84. The van der Waals surface area contributed by atoms with E-state index in [0.29, 0.717) is 23.1 Å². The van der Waals surface area contributed by atoms with Crippen molar-refractivity contribution >= 4 is 17.4 Å². The molecule has 0 saturated heterocycles. The van der Waals surface area contributed by atoms with Gasteiger partial charge in [0.15, 0.2) is 5.78 Å². The lowest BCUT2D eigenvalue weighted by molar-refractivity contribution is 0.0939. The molecule has 0 N–H and O–H groups in total. The lowest BCUT2D eigenvalue weighted by Crippen LogP contribution is -2.16. The number of Topliss-reactive ketones (excluding diaryl/α,β-unsaturated/α-hetero) is 1. The summed E-state index contributed by atoms with van der Waals surface area (Å²) in [7, 11) is 0. The minimum Gasteiger partial charge on any atom is -0.292 e. The quantitative estimate of drug-likeness (QED) is 0.754. The summed E-state index contributed by atoms with van der Waals surface area (Å²) in [4.78, 5) is 12.3. The highest BCUT2D eigenvalue weighted by molar-refractivity contribution is 6.33. The van der Waals surface area contributed by atoms with Crippen molar-refractivity contribution in [1.82, 2.24) is 9.78 Å². The van der Waals surface area contributed by atoms with Crippen LogP contribution in [-0.2, 0) is 6.54 Å². The molecule has 0 aliphatic heterocycles. The molecule has 1 saturated carbocycles. The van der Waals surface area contributed by atoms with E-state index < -0.39 is 0 Å². The van der Waals surface area contributed by atoms with Gasteiger partial charge in [-0.3, -0.25) is 9.48 Å². The van der Waals surface area contributed by atoms with Crippen molar-refractivity contribution in [2.24, 2.45) is 5.92 Å².